The van der Waals surface area contributed by atoms with Crippen LogP contribution in [0.15, 0.2) is 301 Å². The Morgan fingerprint density at radius 1 is 0.314 bits per heavy atom. The predicted octanol–water partition coefficient (Wildman–Crippen LogP) is 19.3. The standard InChI is InChI=1S/C79H48BN3O2S/c1-3-22-49(23-4-1)53-29-21-30-54(50-24-5-2-6-25-50)77(53)83-68-46-51(81-64-34-13-17-38-70(64)84-71-39-18-14-35-65(71)81)42-44-62(68)80-63-45-43-61-75(57-28-9-12-33-60(57)79(61)58-31-10-7-26-55(58)56-27-8-11-32-59(56)79)78(63)86-74-48-52(47-69(83)76(74)80)82-66-36-15-19-40-72(66)85-73-41-20-16-37-67(73)82/h1-48H. The van der Waals surface area contributed by atoms with E-state index in [1.807, 2.05) is 11.8 Å². The fraction of sp³-hybridized carbons (Fsp3) is 0.0127. The first kappa shape index (κ1) is 47.7. The molecular weight excluding hydrogens is 1070 g/mol. The van der Waals surface area contributed by atoms with Crippen LogP contribution in [0.1, 0.15) is 22.3 Å². The first-order chi connectivity index (χ1) is 42.7. The van der Waals surface area contributed by atoms with E-state index in [4.69, 9.17) is 9.47 Å². The highest BCUT2D eigenvalue weighted by molar-refractivity contribution is 8.00. The average Bonchev–Trinajstić information content (AvgIpc) is 1.45. The molecule has 2 aliphatic carbocycles. The zero-order valence-corrected chi connectivity index (χ0v) is 47.2. The lowest BCUT2D eigenvalue weighted by molar-refractivity contribution is 0.477. The van der Waals surface area contributed by atoms with Gasteiger partial charge in [-0.3, -0.25) is 0 Å². The molecule has 1 spiro atoms. The lowest BCUT2D eigenvalue weighted by Gasteiger charge is -2.44. The van der Waals surface area contributed by atoms with Crippen molar-refractivity contribution in [2.24, 2.45) is 0 Å². The van der Waals surface area contributed by atoms with Crippen molar-refractivity contribution in [3.8, 4) is 67.5 Å². The number of fused-ring (bicyclic) bond motifs is 19. The van der Waals surface area contributed by atoms with Gasteiger partial charge in [-0.05, 0) is 134 Å². The molecule has 19 rings (SSSR count). The summed E-state index contributed by atoms with van der Waals surface area (Å²) in [5.41, 5.74) is 27.7. The van der Waals surface area contributed by atoms with E-state index in [2.05, 4.69) is 306 Å². The molecule has 0 atom stereocenters. The molecule has 0 radical (unpaired) electrons. The fourth-order valence-electron chi connectivity index (χ4n) is 15.3. The van der Waals surface area contributed by atoms with Gasteiger partial charge in [-0.1, -0.05) is 236 Å². The predicted molar refractivity (Wildman–Crippen MR) is 353 cm³/mol. The van der Waals surface area contributed by atoms with Crippen LogP contribution in [0.3, 0.4) is 0 Å². The highest BCUT2D eigenvalue weighted by Gasteiger charge is 2.54. The Hall–Kier alpha value is -10.7. The van der Waals surface area contributed by atoms with Gasteiger partial charge in [0, 0.05) is 49.2 Å². The number of para-hydroxylation sites is 9. The van der Waals surface area contributed by atoms with Crippen LogP contribution in [0.5, 0.6) is 23.0 Å². The molecule has 5 nitrogen and oxygen atoms in total. The summed E-state index contributed by atoms with van der Waals surface area (Å²) in [4.78, 5) is 9.96. The van der Waals surface area contributed by atoms with Gasteiger partial charge in [0.1, 0.15) is 0 Å². The van der Waals surface area contributed by atoms with Crippen molar-refractivity contribution in [2.45, 2.75) is 15.2 Å². The van der Waals surface area contributed by atoms with Crippen molar-refractivity contribution in [3.05, 3.63) is 313 Å². The molecule has 13 aromatic rings. The fourth-order valence-corrected chi connectivity index (χ4v) is 16.7. The molecule has 0 N–H and O–H groups in total. The summed E-state index contributed by atoms with van der Waals surface area (Å²) in [6.07, 6.45) is 0. The van der Waals surface area contributed by atoms with E-state index >= 15 is 0 Å². The minimum absolute atomic E-state index is 0.166. The van der Waals surface area contributed by atoms with Crippen molar-refractivity contribution in [2.75, 3.05) is 14.7 Å². The van der Waals surface area contributed by atoms with Gasteiger partial charge < -0.3 is 24.2 Å². The lowest BCUT2D eigenvalue weighted by atomic mass is 9.34. The summed E-state index contributed by atoms with van der Waals surface area (Å²) in [5, 5.41) is 0. The Balaban J connectivity index is 0.949. The maximum atomic E-state index is 6.77. The number of ether oxygens (including phenoxy) is 2. The van der Waals surface area contributed by atoms with Crippen LogP contribution in [0.2, 0.25) is 0 Å². The van der Waals surface area contributed by atoms with Gasteiger partial charge >= 0.3 is 0 Å². The van der Waals surface area contributed by atoms with E-state index in [9.17, 15) is 0 Å². The van der Waals surface area contributed by atoms with Crippen LogP contribution in [0.25, 0.3) is 44.5 Å². The first-order valence-corrected chi connectivity index (χ1v) is 30.3. The second-order valence-electron chi connectivity index (χ2n) is 23.0. The number of benzene rings is 13. The van der Waals surface area contributed by atoms with Gasteiger partial charge in [-0.25, -0.2) is 0 Å². The monoisotopic (exact) mass is 1110 g/mol. The summed E-state index contributed by atoms with van der Waals surface area (Å²) >= 11 is 1.94. The number of hydrogen-bond acceptors (Lipinski definition) is 6. The molecule has 0 aromatic heterocycles. The molecule has 86 heavy (non-hydrogen) atoms. The summed E-state index contributed by atoms with van der Waals surface area (Å²) in [5.74, 6) is 3.24. The maximum Gasteiger partial charge on any atom is 0.249 e. The SMILES string of the molecule is c1ccc(-c2cccc(-c3ccccc3)c2N2c3cc(N4c5ccccc5Oc5ccccc54)ccc3B3c4ccc5c(c4Sc4cc(N6c7ccccc7Oc7ccccc76)cc2c43)-c2ccccc2C52c3ccccc3-c3ccccc32)cc1. The first-order valence-electron chi connectivity index (χ1n) is 29.5. The van der Waals surface area contributed by atoms with Gasteiger partial charge in [0.05, 0.1) is 33.9 Å². The quantitative estimate of drug-likeness (QED) is 0.160. The van der Waals surface area contributed by atoms with Crippen molar-refractivity contribution in [1.29, 1.82) is 0 Å². The Kier molecular flexibility index (Phi) is 10.1. The molecule has 7 heteroatoms. The number of rotatable bonds is 5. The van der Waals surface area contributed by atoms with E-state index in [1.54, 1.807) is 0 Å². The minimum Gasteiger partial charge on any atom is -0.453 e. The zero-order valence-electron chi connectivity index (χ0n) is 46.4. The molecule has 0 amide bonds. The lowest BCUT2D eigenvalue weighted by Crippen LogP contribution is -2.60. The molecule has 4 heterocycles. The molecule has 13 aromatic carbocycles. The van der Waals surface area contributed by atoms with Crippen LogP contribution >= 0.6 is 11.8 Å². The molecule has 6 aliphatic rings. The highest BCUT2D eigenvalue weighted by Crippen LogP contribution is 2.65. The van der Waals surface area contributed by atoms with Crippen LogP contribution in [0.4, 0.5) is 51.2 Å². The summed E-state index contributed by atoms with van der Waals surface area (Å²) in [6.45, 7) is -0.166. The van der Waals surface area contributed by atoms with Crippen molar-refractivity contribution >= 4 is 86.0 Å². The van der Waals surface area contributed by atoms with E-state index in [-0.39, 0.29) is 6.71 Å². The summed E-state index contributed by atoms with van der Waals surface area (Å²) in [6, 6.07) is 107. The van der Waals surface area contributed by atoms with Crippen molar-refractivity contribution < 1.29 is 9.47 Å². The van der Waals surface area contributed by atoms with E-state index in [1.165, 1.54) is 70.7 Å². The minimum atomic E-state index is -0.501. The smallest absolute Gasteiger partial charge is 0.249 e. The third-order valence-corrected chi connectivity index (χ3v) is 19.9. The average molecular weight is 1110 g/mol. The Morgan fingerprint density at radius 3 is 1.31 bits per heavy atom. The van der Waals surface area contributed by atoms with Crippen LogP contribution in [-0.4, -0.2) is 6.71 Å². The highest BCUT2D eigenvalue weighted by atomic mass is 32.2. The molecule has 0 unspecified atom stereocenters. The van der Waals surface area contributed by atoms with Gasteiger partial charge in [0.15, 0.2) is 23.0 Å². The van der Waals surface area contributed by atoms with E-state index in [0.29, 0.717) is 0 Å². The zero-order chi connectivity index (χ0) is 56.2. The molecule has 400 valence electrons. The van der Waals surface area contributed by atoms with Gasteiger partial charge in [-0.2, -0.15) is 0 Å². The van der Waals surface area contributed by atoms with Gasteiger partial charge in [0.25, 0.3) is 0 Å². The number of hydrogen-bond donors (Lipinski definition) is 0. The van der Waals surface area contributed by atoms with Crippen LogP contribution in [0, 0.1) is 0 Å². The second kappa shape index (κ2) is 18.1. The van der Waals surface area contributed by atoms with Crippen molar-refractivity contribution in [1.82, 2.24) is 0 Å². The molecule has 4 aliphatic heterocycles. The van der Waals surface area contributed by atoms with E-state index < -0.39 is 5.41 Å². The number of anilines is 9. The third kappa shape index (κ3) is 6.52. The van der Waals surface area contributed by atoms with Crippen LogP contribution in [-0.2, 0) is 5.41 Å². The summed E-state index contributed by atoms with van der Waals surface area (Å²) < 4.78 is 13.5. The number of nitrogens with zero attached hydrogens (tertiary/aromatic N) is 3. The molecule has 0 saturated heterocycles. The molecule has 0 saturated carbocycles. The Labute approximate surface area is 503 Å². The van der Waals surface area contributed by atoms with Crippen molar-refractivity contribution in [3.63, 3.8) is 0 Å². The molecule has 0 fully saturated rings. The molecule has 0 bridgehead atoms. The van der Waals surface area contributed by atoms with E-state index in [0.717, 1.165) is 96.4 Å². The molecular formula is C79H48BN3O2S. The van der Waals surface area contributed by atoms with Gasteiger partial charge in [-0.15, -0.1) is 0 Å². The maximum absolute atomic E-state index is 6.77. The largest absolute Gasteiger partial charge is 0.453 e. The Morgan fingerprint density at radius 2 is 0.756 bits per heavy atom. The Bertz CT molecular complexity index is 4850. The topological polar surface area (TPSA) is 28.2 Å². The summed E-state index contributed by atoms with van der Waals surface area (Å²) in [7, 11) is 0. The second-order valence-corrected chi connectivity index (χ2v) is 24.0. The van der Waals surface area contributed by atoms with Crippen LogP contribution < -0.4 is 40.6 Å². The normalized spacial score (nSPS) is 14.2. The third-order valence-electron chi connectivity index (χ3n) is 18.7. The van der Waals surface area contributed by atoms with Gasteiger partial charge in [0.2, 0.25) is 6.71 Å².